The molecule has 0 rings (SSSR count). The zero-order valence-electron chi connectivity index (χ0n) is 9.79. The zero-order chi connectivity index (χ0) is 11.5. The Bertz CT molecular complexity index is 160. The van der Waals surface area contributed by atoms with Crippen molar-refractivity contribution in [1.29, 1.82) is 0 Å². The smallest absolute Gasteiger partial charge is 0.220 e. The monoisotopic (exact) mass is 217 g/mol. The molecule has 4 nitrogen and oxygen atoms in total. The molecule has 0 aliphatic carbocycles. The highest BCUT2D eigenvalue weighted by Gasteiger charge is 2.00. The second-order valence-electron chi connectivity index (χ2n) is 3.64. The minimum absolute atomic E-state index is 0.0697. The van der Waals surface area contributed by atoms with Gasteiger partial charge in [0.15, 0.2) is 0 Å². The molecular formula is C11H23NO3. The number of rotatable bonds is 9. The lowest BCUT2D eigenvalue weighted by Crippen LogP contribution is -2.25. The molecule has 1 amide bonds. The van der Waals surface area contributed by atoms with Gasteiger partial charge in [-0.3, -0.25) is 4.79 Å². The van der Waals surface area contributed by atoms with Gasteiger partial charge in [-0.15, -0.1) is 0 Å². The Balaban J connectivity index is 3.19. The van der Waals surface area contributed by atoms with E-state index in [4.69, 9.17) is 9.84 Å². The van der Waals surface area contributed by atoms with E-state index in [9.17, 15) is 4.79 Å². The van der Waals surface area contributed by atoms with E-state index < -0.39 is 0 Å². The first-order valence-corrected chi connectivity index (χ1v) is 5.69. The predicted molar refractivity (Wildman–Crippen MR) is 59.7 cm³/mol. The summed E-state index contributed by atoms with van der Waals surface area (Å²) in [6, 6.07) is 0. The van der Waals surface area contributed by atoms with Crippen molar-refractivity contribution in [2.24, 2.45) is 0 Å². The van der Waals surface area contributed by atoms with Crippen LogP contribution in [-0.2, 0) is 9.53 Å². The van der Waals surface area contributed by atoms with Crippen molar-refractivity contribution in [3.05, 3.63) is 0 Å². The zero-order valence-corrected chi connectivity index (χ0v) is 9.79. The number of nitrogens with one attached hydrogen (secondary N) is 1. The quantitative estimate of drug-likeness (QED) is 0.568. The van der Waals surface area contributed by atoms with Crippen LogP contribution in [0.4, 0.5) is 0 Å². The van der Waals surface area contributed by atoms with Crippen LogP contribution in [-0.4, -0.2) is 36.9 Å². The largest absolute Gasteiger partial charge is 0.393 e. The first kappa shape index (κ1) is 14.4. The van der Waals surface area contributed by atoms with Gasteiger partial charge in [-0.05, 0) is 33.1 Å². The van der Waals surface area contributed by atoms with E-state index >= 15 is 0 Å². The molecule has 0 spiro atoms. The molecule has 90 valence electrons. The van der Waals surface area contributed by atoms with Gasteiger partial charge < -0.3 is 15.2 Å². The van der Waals surface area contributed by atoms with Crippen LogP contribution >= 0.6 is 0 Å². The Kier molecular flexibility index (Phi) is 9.52. The van der Waals surface area contributed by atoms with E-state index in [2.05, 4.69) is 5.32 Å². The molecule has 0 fully saturated rings. The maximum atomic E-state index is 11.2. The van der Waals surface area contributed by atoms with Gasteiger partial charge in [-0.2, -0.15) is 0 Å². The molecule has 0 radical (unpaired) electrons. The molecule has 0 aliphatic rings. The van der Waals surface area contributed by atoms with E-state index in [0.717, 1.165) is 19.3 Å². The number of ether oxygens (including phenoxy) is 1. The molecular weight excluding hydrogens is 194 g/mol. The molecule has 1 atom stereocenters. The van der Waals surface area contributed by atoms with Crippen LogP contribution in [0.25, 0.3) is 0 Å². The predicted octanol–water partition coefficient (Wildman–Crippen LogP) is 1.08. The third-order valence-electron chi connectivity index (χ3n) is 2.02. The fraction of sp³-hybridized carbons (Fsp3) is 0.909. The highest BCUT2D eigenvalue weighted by molar-refractivity contribution is 5.75. The fourth-order valence-electron chi connectivity index (χ4n) is 1.19. The van der Waals surface area contributed by atoms with Gasteiger partial charge in [0, 0.05) is 26.2 Å². The van der Waals surface area contributed by atoms with Gasteiger partial charge in [-0.25, -0.2) is 0 Å². The summed E-state index contributed by atoms with van der Waals surface area (Å²) in [7, 11) is 0. The minimum Gasteiger partial charge on any atom is -0.393 e. The third-order valence-corrected chi connectivity index (χ3v) is 2.02. The van der Waals surface area contributed by atoms with Gasteiger partial charge in [0.2, 0.25) is 5.91 Å². The first-order chi connectivity index (χ1) is 7.16. The molecule has 0 aromatic carbocycles. The topological polar surface area (TPSA) is 58.6 Å². The van der Waals surface area contributed by atoms with Crippen LogP contribution in [0.15, 0.2) is 0 Å². The SMILES string of the molecule is CCOCCCC(=O)NCCCC(C)O. The highest BCUT2D eigenvalue weighted by atomic mass is 16.5. The van der Waals surface area contributed by atoms with E-state index in [0.29, 0.717) is 26.2 Å². The third kappa shape index (κ3) is 11.3. The molecule has 2 N–H and O–H groups in total. The van der Waals surface area contributed by atoms with E-state index in [1.54, 1.807) is 6.92 Å². The van der Waals surface area contributed by atoms with Gasteiger partial charge in [0.25, 0.3) is 0 Å². The summed E-state index contributed by atoms with van der Waals surface area (Å²) < 4.78 is 5.13. The summed E-state index contributed by atoms with van der Waals surface area (Å²) in [4.78, 5) is 11.2. The first-order valence-electron chi connectivity index (χ1n) is 5.69. The number of carbonyl (C=O) groups excluding carboxylic acids is 1. The molecule has 15 heavy (non-hydrogen) atoms. The molecule has 0 bridgehead atoms. The Labute approximate surface area is 92.0 Å². The maximum Gasteiger partial charge on any atom is 0.220 e. The van der Waals surface area contributed by atoms with E-state index in [-0.39, 0.29) is 12.0 Å². The standard InChI is InChI=1S/C11H23NO3/c1-3-15-9-5-7-11(14)12-8-4-6-10(2)13/h10,13H,3-9H2,1-2H3,(H,12,14). The summed E-state index contributed by atoms with van der Waals surface area (Å²) >= 11 is 0. The number of aliphatic hydroxyl groups is 1. The molecule has 0 aliphatic heterocycles. The summed E-state index contributed by atoms with van der Waals surface area (Å²) in [6.07, 6.45) is 2.58. The average molecular weight is 217 g/mol. The van der Waals surface area contributed by atoms with Gasteiger partial charge in [0.05, 0.1) is 6.10 Å². The van der Waals surface area contributed by atoms with Crippen molar-refractivity contribution in [1.82, 2.24) is 5.32 Å². The van der Waals surface area contributed by atoms with Crippen molar-refractivity contribution in [2.45, 2.75) is 45.6 Å². The van der Waals surface area contributed by atoms with E-state index in [1.165, 1.54) is 0 Å². The lowest BCUT2D eigenvalue weighted by molar-refractivity contribution is -0.121. The molecule has 0 saturated carbocycles. The number of hydrogen-bond acceptors (Lipinski definition) is 3. The maximum absolute atomic E-state index is 11.2. The van der Waals surface area contributed by atoms with Crippen LogP contribution in [0.3, 0.4) is 0 Å². The minimum atomic E-state index is -0.278. The number of carbonyl (C=O) groups is 1. The molecule has 1 unspecified atom stereocenters. The van der Waals surface area contributed by atoms with Gasteiger partial charge in [0.1, 0.15) is 0 Å². The molecule has 0 heterocycles. The van der Waals surface area contributed by atoms with Crippen molar-refractivity contribution >= 4 is 5.91 Å². The average Bonchev–Trinajstić information content (AvgIpc) is 2.19. The lowest BCUT2D eigenvalue weighted by atomic mass is 10.2. The number of hydrogen-bond donors (Lipinski definition) is 2. The summed E-state index contributed by atoms with van der Waals surface area (Å²) in [5.41, 5.74) is 0. The summed E-state index contributed by atoms with van der Waals surface area (Å²) in [5, 5.41) is 11.8. The van der Waals surface area contributed by atoms with Gasteiger partial charge in [-0.1, -0.05) is 0 Å². The van der Waals surface area contributed by atoms with Crippen LogP contribution in [0.5, 0.6) is 0 Å². The molecule has 0 saturated heterocycles. The van der Waals surface area contributed by atoms with Crippen molar-refractivity contribution in [3.8, 4) is 0 Å². The van der Waals surface area contributed by atoms with Crippen LogP contribution < -0.4 is 5.32 Å². The Morgan fingerprint density at radius 1 is 1.47 bits per heavy atom. The van der Waals surface area contributed by atoms with Crippen LogP contribution in [0, 0.1) is 0 Å². The Morgan fingerprint density at radius 3 is 2.80 bits per heavy atom. The number of aliphatic hydroxyl groups excluding tert-OH is 1. The fourth-order valence-corrected chi connectivity index (χ4v) is 1.19. The number of amides is 1. The second kappa shape index (κ2) is 9.93. The van der Waals surface area contributed by atoms with Crippen molar-refractivity contribution in [3.63, 3.8) is 0 Å². The van der Waals surface area contributed by atoms with Crippen molar-refractivity contribution < 1.29 is 14.6 Å². The second-order valence-corrected chi connectivity index (χ2v) is 3.64. The van der Waals surface area contributed by atoms with Crippen LogP contribution in [0.1, 0.15) is 39.5 Å². The Hall–Kier alpha value is -0.610. The molecule has 0 aromatic rings. The van der Waals surface area contributed by atoms with Crippen LogP contribution in [0.2, 0.25) is 0 Å². The molecule has 0 aromatic heterocycles. The highest BCUT2D eigenvalue weighted by Crippen LogP contribution is 1.95. The van der Waals surface area contributed by atoms with Gasteiger partial charge >= 0.3 is 0 Å². The Morgan fingerprint density at radius 2 is 2.20 bits per heavy atom. The lowest BCUT2D eigenvalue weighted by Gasteiger charge is -2.06. The van der Waals surface area contributed by atoms with E-state index in [1.807, 2.05) is 6.92 Å². The normalized spacial score (nSPS) is 12.5. The summed E-state index contributed by atoms with van der Waals surface area (Å²) in [5.74, 6) is 0.0697. The van der Waals surface area contributed by atoms with Crippen molar-refractivity contribution in [2.75, 3.05) is 19.8 Å². The molecule has 4 heteroatoms. The summed E-state index contributed by atoms with van der Waals surface area (Å²) in [6.45, 7) is 5.70.